The van der Waals surface area contributed by atoms with E-state index < -0.39 is 24.4 Å². The molecule has 172 valence electrons. The van der Waals surface area contributed by atoms with E-state index in [1.54, 1.807) is 4.90 Å². The number of amides is 1. The first-order valence-electron chi connectivity index (χ1n) is 10.2. The molecule has 4 heterocycles. The number of rotatable bonds is 4. The second-order valence-electron chi connectivity index (χ2n) is 8.64. The molecule has 3 aromatic heterocycles. The van der Waals surface area contributed by atoms with Crippen LogP contribution in [0.25, 0.3) is 10.9 Å². The molecule has 14 heteroatoms. The number of hydrogen-bond donors (Lipinski definition) is 1. The molecule has 33 heavy (non-hydrogen) atoms. The SMILES string of the molecule is BC1(B)COCCN(C(=O)c2cc3c(cn2)c(Nc2ccc(F)cn2)nn3CC(F)(F)F)C1. The fourth-order valence-corrected chi connectivity index (χ4v) is 3.64. The number of carbonyl (C=O) groups excluding carboxylic acids is 1. The van der Waals surface area contributed by atoms with Crippen LogP contribution < -0.4 is 5.32 Å². The Labute approximate surface area is 188 Å². The van der Waals surface area contributed by atoms with Gasteiger partial charge in [-0.25, -0.2) is 9.37 Å². The molecule has 4 rings (SSSR count). The van der Waals surface area contributed by atoms with Gasteiger partial charge in [-0.2, -0.15) is 18.3 Å². The molecule has 0 aliphatic carbocycles. The summed E-state index contributed by atoms with van der Waals surface area (Å²) in [6.45, 7) is 0.281. The number of fused-ring (bicyclic) bond motifs is 1. The maximum absolute atomic E-state index is 13.2. The van der Waals surface area contributed by atoms with Crippen molar-refractivity contribution in [3.63, 3.8) is 0 Å². The summed E-state index contributed by atoms with van der Waals surface area (Å²) in [7, 11) is 3.93. The summed E-state index contributed by atoms with van der Waals surface area (Å²) < 4.78 is 59.0. The third kappa shape index (κ3) is 5.44. The van der Waals surface area contributed by atoms with Gasteiger partial charge in [-0.1, -0.05) is 0 Å². The van der Waals surface area contributed by atoms with Gasteiger partial charge in [0.2, 0.25) is 0 Å². The van der Waals surface area contributed by atoms with Crippen LogP contribution in [0.15, 0.2) is 30.6 Å². The first-order chi connectivity index (χ1) is 15.5. The summed E-state index contributed by atoms with van der Waals surface area (Å²) in [6, 6.07) is 3.79. The van der Waals surface area contributed by atoms with Crippen molar-refractivity contribution >= 4 is 44.1 Å². The summed E-state index contributed by atoms with van der Waals surface area (Å²) >= 11 is 0. The zero-order valence-electron chi connectivity index (χ0n) is 18.0. The number of ether oxygens (including phenoxy) is 1. The Kier molecular flexibility index (Phi) is 6.04. The Bertz CT molecular complexity index is 1170. The topological polar surface area (TPSA) is 85.2 Å². The van der Waals surface area contributed by atoms with Crippen molar-refractivity contribution < 1.29 is 27.1 Å². The molecule has 1 fully saturated rings. The maximum Gasteiger partial charge on any atom is 0.408 e. The highest BCUT2D eigenvalue weighted by Crippen LogP contribution is 2.29. The van der Waals surface area contributed by atoms with E-state index in [1.165, 1.54) is 18.3 Å². The van der Waals surface area contributed by atoms with Gasteiger partial charge in [0.1, 0.15) is 39.6 Å². The highest BCUT2D eigenvalue weighted by atomic mass is 19.4. The van der Waals surface area contributed by atoms with E-state index >= 15 is 0 Å². The van der Waals surface area contributed by atoms with Crippen LogP contribution in [0, 0.1) is 5.82 Å². The largest absolute Gasteiger partial charge is 0.408 e. The first kappa shape index (κ1) is 23.0. The van der Waals surface area contributed by atoms with Gasteiger partial charge in [0.05, 0.1) is 23.7 Å². The van der Waals surface area contributed by atoms with Gasteiger partial charge in [0.25, 0.3) is 5.91 Å². The minimum Gasteiger partial charge on any atom is -0.380 e. The number of nitrogens with zero attached hydrogens (tertiary/aromatic N) is 5. The molecule has 3 aromatic rings. The monoisotopic (exact) mass is 462 g/mol. The van der Waals surface area contributed by atoms with Crippen molar-refractivity contribution in [3.05, 3.63) is 42.1 Å². The predicted molar refractivity (Wildman–Crippen MR) is 118 cm³/mol. The molecule has 8 nitrogen and oxygen atoms in total. The Morgan fingerprint density at radius 2 is 2.03 bits per heavy atom. The highest BCUT2D eigenvalue weighted by molar-refractivity contribution is 6.40. The van der Waals surface area contributed by atoms with Crippen molar-refractivity contribution in [1.82, 2.24) is 24.6 Å². The first-order valence-corrected chi connectivity index (χ1v) is 10.2. The van der Waals surface area contributed by atoms with Crippen LogP contribution in [0.1, 0.15) is 10.5 Å². The van der Waals surface area contributed by atoms with Crippen molar-refractivity contribution in [2.75, 3.05) is 31.6 Å². The van der Waals surface area contributed by atoms with Crippen LogP contribution >= 0.6 is 0 Å². The molecular formula is C19H20B2F4N6O2. The van der Waals surface area contributed by atoms with Gasteiger partial charge in [0.15, 0.2) is 5.82 Å². The van der Waals surface area contributed by atoms with E-state index in [9.17, 15) is 22.4 Å². The summed E-state index contributed by atoms with van der Waals surface area (Å²) in [5.74, 6) is -0.698. The summed E-state index contributed by atoms with van der Waals surface area (Å²) in [5, 5.41) is 6.79. The molecule has 1 N–H and O–H groups in total. The number of hydrogen-bond acceptors (Lipinski definition) is 6. The van der Waals surface area contributed by atoms with Crippen LogP contribution in [0.4, 0.5) is 29.2 Å². The van der Waals surface area contributed by atoms with Gasteiger partial charge in [-0.3, -0.25) is 14.5 Å². The second-order valence-corrected chi connectivity index (χ2v) is 8.64. The Morgan fingerprint density at radius 3 is 2.73 bits per heavy atom. The zero-order valence-corrected chi connectivity index (χ0v) is 18.0. The molecule has 0 bridgehead atoms. The molecule has 0 saturated carbocycles. The van der Waals surface area contributed by atoms with Crippen molar-refractivity contribution in [3.8, 4) is 0 Å². The number of alkyl halides is 3. The zero-order chi connectivity index (χ0) is 23.8. The number of nitrogens with one attached hydrogen (secondary N) is 1. The maximum atomic E-state index is 13.2. The number of carbonyl (C=O) groups is 1. The Balaban J connectivity index is 1.71. The molecule has 0 aromatic carbocycles. The quantitative estimate of drug-likeness (QED) is 0.463. The van der Waals surface area contributed by atoms with Gasteiger partial charge in [-0.05, 0) is 23.4 Å². The predicted octanol–water partition coefficient (Wildman–Crippen LogP) is 1.13. The van der Waals surface area contributed by atoms with Crippen LogP contribution in [-0.4, -0.2) is 78.7 Å². The molecule has 0 unspecified atom stereocenters. The van der Waals surface area contributed by atoms with Gasteiger partial charge in [0, 0.05) is 25.9 Å². The van der Waals surface area contributed by atoms with Crippen LogP contribution in [0.5, 0.6) is 0 Å². The van der Waals surface area contributed by atoms with Gasteiger partial charge >= 0.3 is 6.18 Å². The van der Waals surface area contributed by atoms with E-state index in [2.05, 4.69) is 20.4 Å². The number of pyridine rings is 2. The smallest absolute Gasteiger partial charge is 0.380 e. The summed E-state index contributed by atoms with van der Waals surface area (Å²) in [6.07, 6.45) is -2.27. The Hall–Kier alpha value is -3.15. The van der Waals surface area contributed by atoms with Crippen molar-refractivity contribution in [2.45, 2.75) is 17.9 Å². The van der Waals surface area contributed by atoms with Crippen LogP contribution in [-0.2, 0) is 11.3 Å². The van der Waals surface area contributed by atoms with E-state index in [1.807, 2.05) is 15.7 Å². The van der Waals surface area contributed by atoms with Crippen molar-refractivity contribution in [1.29, 1.82) is 0 Å². The van der Waals surface area contributed by atoms with E-state index in [4.69, 9.17) is 4.74 Å². The minimum atomic E-state index is -4.54. The lowest BCUT2D eigenvalue weighted by Crippen LogP contribution is -2.39. The van der Waals surface area contributed by atoms with E-state index in [0.29, 0.717) is 26.3 Å². The minimum absolute atomic E-state index is 0.00924. The molecule has 1 aliphatic rings. The Morgan fingerprint density at radius 1 is 1.24 bits per heavy atom. The lowest BCUT2D eigenvalue weighted by Gasteiger charge is -2.28. The molecular weight excluding hydrogens is 442 g/mol. The summed E-state index contributed by atoms with van der Waals surface area (Å²) in [4.78, 5) is 22.7. The molecule has 1 saturated heterocycles. The van der Waals surface area contributed by atoms with Crippen molar-refractivity contribution in [2.24, 2.45) is 0 Å². The molecule has 1 aliphatic heterocycles. The third-order valence-electron chi connectivity index (χ3n) is 5.06. The fourth-order valence-electron chi connectivity index (χ4n) is 3.64. The van der Waals surface area contributed by atoms with E-state index in [0.717, 1.165) is 16.9 Å². The molecule has 0 radical (unpaired) electrons. The molecule has 0 atom stereocenters. The second kappa shape index (κ2) is 8.65. The summed E-state index contributed by atoms with van der Waals surface area (Å²) in [5.41, 5.74) is 0.0931. The van der Waals surface area contributed by atoms with Gasteiger partial charge < -0.3 is 15.0 Å². The highest BCUT2D eigenvalue weighted by Gasteiger charge is 2.32. The van der Waals surface area contributed by atoms with Gasteiger partial charge in [-0.15, -0.1) is 0 Å². The lowest BCUT2D eigenvalue weighted by atomic mass is 9.55. The van der Waals surface area contributed by atoms with E-state index in [-0.39, 0.29) is 33.4 Å². The average molecular weight is 462 g/mol. The normalized spacial score (nSPS) is 16.5. The third-order valence-corrected chi connectivity index (χ3v) is 5.06. The number of anilines is 2. The number of aromatic nitrogens is 4. The molecule has 0 spiro atoms. The molecule has 1 amide bonds. The van der Waals surface area contributed by atoms with Crippen LogP contribution in [0.2, 0.25) is 5.21 Å². The fraction of sp³-hybridized carbons (Fsp3) is 0.368. The standard InChI is InChI=1S/C19H20B2F4N6O2/c20-18(21)8-30(3-4-33-10-18)17(32)13-5-14-12(7-26-13)16(29-31(14)9-19(23,24)25)28-15-2-1-11(22)6-27-15/h1-2,5-7H,3-4,8-10,20-21H2,(H,27,28,29). The lowest BCUT2D eigenvalue weighted by molar-refractivity contribution is -0.141. The number of halogens is 4. The van der Waals surface area contributed by atoms with Crippen LogP contribution in [0.3, 0.4) is 0 Å². The average Bonchev–Trinajstić information content (AvgIpc) is 2.93.